The van der Waals surface area contributed by atoms with Gasteiger partial charge >= 0.3 is 0 Å². The number of nitrogens with one attached hydrogen (secondary N) is 1. The molecule has 0 aliphatic carbocycles. The highest BCUT2D eigenvalue weighted by Crippen LogP contribution is 2.23. The largest absolute Gasteiger partial charge is 0.508 e. The highest BCUT2D eigenvalue weighted by molar-refractivity contribution is 5.94. The summed E-state index contributed by atoms with van der Waals surface area (Å²) in [7, 11) is 0. The Balaban J connectivity index is 2.08. The zero-order chi connectivity index (χ0) is 15.4. The number of piperidine rings is 1. The molecule has 2 rings (SSSR count). The first-order valence-electron chi connectivity index (χ1n) is 7.89. The Bertz CT molecular complexity index is 502. The fourth-order valence-corrected chi connectivity index (χ4v) is 3.13. The third-order valence-electron chi connectivity index (χ3n) is 4.46. The highest BCUT2D eigenvalue weighted by atomic mass is 16.3. The maximum Gasteiger partial charge on any atom is 0.253 e. The topological polar surface area (TPSA) is 52.6 Å². The number of carbonyl (C=O) groups excluding carboxylic acids is 1. The number of likely N-dealkylation sites (tertiary alicyclic amines) is 1. The van der Waals surface area contributed by atoms with Crippen LogP contribution in [0.1, 0.15) is 42.6 Å². The number of aryl methyl sites for hydroxylation is 1. The summed E-state index contributed by atoms with van der Waals surface area (Å²) in [6.07, 6.45) is 2.09. The second-order valence-corrected chi connectivity index (χ2v) is 5.87. The Kier molecular flexibility index (Phi) is 5.23. The lowest BCUT2D eigenvalue weighted by atomic mass is 9.89. The molecule has 1 aliphatic heterocycles. The third-order valence-corrected chi connectivity index (χ3v) is 4.46. The van der Waals surface area contributed by atoms with Crippen LogP contribution in [0.15, 0.2) is 18.2 Å². The van der Waals surface area contributed by atoms with E-state index in [0.29, 0.717) is 17.5 Å². The SMILES string of the molecule is CCNC1CCN(C(=O)c2ccc(O)c(C)c2)CC1CC. The van der Waals surface area contributed by atoms with E-state index in [1.165, 1.54) is 0 Å². The quantitative estimate of drug-likeness (QED) is 0.896. The number of rotatable bonds is 4. The maximum absolute atomic E-state index is 12.6. The average molecular weight is 290 g/mol. The first-order valence-corrected chi connectivity index (χ1v) is 7.89. The van der Waals surface area contributed by atoms with E-state index in [1.807, 2.05) is 11.8 Å². The Morgan fingerprint density at radius 1 is 1.43 bits per heavy atom. The number of aromatic hydroxyl groups is 1. The molecule has 4 heteroatoms. The lowest BCUT2D eigenvalue weighted by Gasteiger charge is -2.38. The molecule has 1 fully saturated rings. The lowest BCUT2D eigenvalue weighted by molar-refractivity contribution is 0.0628. The van der Waals surface area contributed by atoms with Crippen LogP contribution < -0.4 is 5.32 Å². The van der Waals surface area contributed by atoms with Crippen LogP contribution in [0.4, 0.5) is 0 Å². The summed E-state index contributed by atoms with van der Waals surface area (Å²) in [5.74, 6) is 0.830. The zero-order valence-electron chi connectivity index (χ0n) is 13.2. The van der Waals surface area contributed by atoms with Crippen molar-refractivity contribution in [2.75, 3.05) is 19.6 Å². The molecule has 4 nitrogen and oxygen atoms in total. The molecule has 116 valence electrons. The minimum Gasteiger partial charge on any atom is -0.508 e. The average Bonchev–Trinajstić information content (AvgIpc) is 2.50. The van der Waals surface area contributed by atoms with E-state index in [4.69, 9.17) is 0 Å². The van der Waals surface area contributed by atoms with Crippen LogP contribution in [0.3, 0.4) is 0 Å². The van der Waals surface area contributed by atoms with Crippen LogP contribution in [0.25, 0.3) is 0 Å². The Hall–Kier alpha value is -1.55. The van der Waals surface area contributed by atoms with Gasteiger partial charge in [-0.15, -0.1) is 0 Å². The Labute approximate surface area is 127 Å². The molecular formula is C17H26N2O2. The van der Waals surface area contributed by atoms with Gasteiger partial charge in [0.15, 0.2) is 0 Å². The van der Waals surface area contributed by atoms with Crippen molar-refractivity contribution < 1.29 is 9.90 Å². The minimum atomic E-state index is 0.0755. The molecule has 1 aromatic rings. The zero-order valence-corrected chi connectivity index (χ0v) is 13.2. The first kappa shape index (κ1) is 15.8. The number of hydrogen-bond donors (Lipinski definition) is 2. The molecule has 1 heterocycles. The van der Waals surface area contributed by atoms with E-state index in [9.17, 15) is 9.90 Å². The Morgan fingerprint density at radius 2 is 2.19 bits per heavy atom. The van der Waals surface area contributed by atoms with E-state index in [2.05, 4.69) is 19.2 Å². The number of benzene rings is 1. The third kappa shape index (κ3) is 3.56. The van der Waals surface area contributed by atoms with Gasteiger partial charge in [-0.05, 0) is 49.6 Å². The van der Waals surface area contributed by atoms with E-state index >= 15 is 0 Å². The van der Waals surface area contributed by atoms with E-state index < -0.39 is 0 Å². The van der Waals surface area contributed by atoms with Crippen molar-refractivity contribution in [1.82, 2.24) is 10.2 Å². The molecule has 0 bridgehead atoms. The summed E-state index contributed by atoms with van der Waals surface area (Å²) >= 11 is 0. The predicted octanol–water partition coefficient (Wildman–Crippen LogP) is 2.55. The molecular weight excluding hydrogens is 264 g/mol. The van der Waals surface area contributed by atoms with Gasteiger partial charge in [0.05, 0.1) is 0 Å². The number of phenols is 1. The van der Waals surface area contributed by atoms with Crippen molar-refractivity contribution in [3.8, 4) is 5.75 Å². The van der Waals surface area contributed by atoms with Gasteiger partial charge < -0.3 is 15.3 Å². The second-order valence-electron chi connectivity index (χ2n) is 5.87. The van der Waals surface area contributed by atoms with Crippen molar-refractivity contribution in [1.29, 1.82) is 0 Å². The smallest absolute Gasteiger partial charge is 0.253 e. The number of amides is 1. The molecule has 2 atom stereocenters. The van der Waals surface area contributed by atoms with E-state index in [-0.39, 0.29) is 11.7 Å². The van der Waals surface area contributed by atoms with Crippen molar-refractivity contribution in [3.63, 3.8) is 0 Å². The fourth-order valence-electron chi connectivity index (χ4n) is 3.13. The maximum atomic E-state index is 12.6. The van der Waals surface area contributed by atoms with Gasteiger partial charge in [0, 0.05) is 24.7 Å². The summed E-state index contributed by atoms with van der Waals surface area (Å²) < 4.78 is 0. The van der Waals surface area contributed by atoms with Crippen molar-refractivity contribution in [2.45, 2.75) is 39.7 Å². The molecule has 0 saturated carbocycles. The highest BCUT2D eigenvalue weighted by Gasteiger charge is 2.30. The van der Waals surface area contributed by atoms with Crippen LogP contribution in [0.5, 0.6) is 5.75 Å². The van der Waals surface area contributed by atoms with Crippen LogP contribution in [-0.2, 0) is 0 Å². The van der Waals surface area contributed by atoms with E-state index in [0.717, 1.165) is 38.0 Å². The molecule has 1 saturated heterocycles. The summed E-state index contributed by atoms with van der Waals surface area (Å²) in [5, 5.41) is 13.1. The molecule has 1 amide bonds. The number of carbonyl (C=O) groups is 1. The number of nitrogens with zero attached hydrogens (tertiary/aromatic N) is 1. The van der Waals surface area contributed by atoms with Gasteiger partial charge in [-0.2, -0.15) is 0 Å². The van der Waals surface area contributed by atoms with Gasteiger partial charge in [-0.25, -0.2) is 0 Å². The number of phenolic OH excluding ortho intramolecular Hbond substituents is 1. The van der Waals surface area contributed by atoms with Crippen molar-refractivity contribution in [3.05, 3.63) is 29.3 Å². The number of hydrogen-bond acceptors (Lipinski definition) is 3. The van der Waals surface area contributed by atoms with Crippen LogP contribution in [0.2, 0.25) is 0 Å². The summed E-state index contributed by atoms with van der Waals surface area (Å²) in [6, 6.07) is 5.60. The molecule has 0 aromatic heterocycles. The molecule has 2 unspecified atom stereocenters. The fraction of sp³-hybridized carbons (Fsp3) is 0.588. The van der Waals surface area contributed by atoms with Crippen LogP contribution in [-0.4, -0.2) is 41.6 Å². The second kappa shape index (κ2) is 6.94. The monoisotopic (exact) mass is 290 g/mol. The molecule has 21 heavy (non-hydrogen) atoms. The van der Waals surface area contributed by atoms with Gasteiger partial charge in [0.1, 0.15) is 5.75 Å². The molecule has 0 radical (unpaired) electrons. The van der Waals surface area contributed by atoms with Gasteiger partial charge in [0.25, 0.3) is 5.91 Å². The minimum absolute atomic E-state index is 0.0755. The summed E-state index contributed by atoms with van der Waals surface area (Å²) in [6.45, 7) is 8.72. The van der Waals surface area contributed by atoms with Gasteiger partial charge in [-0.3, -0.25) is 4.79 Å². The summed E-state index contributed by atoms with van der Waals surface area (Å²) in [4.78, 5) is 14.6. The van der Waals surface area contributed by atoms with E-state index in [1.54, 1.807) is 18.2 Å². The lowest BCUT2D eigenvalue weighted by Crippen LogP contribution is -2.50. The van der Waals surface area contributed by atoms with Gasteiger partial charge in [-0.1, -0.05) is 20.3 Å². The molecule has 1 aromatic carbocycles. The molecule has 2 N–H and O–H groups in total. The predicted molar refractivity (Wildman–Crippen MR) is 84.6 cm³/mol. The van der Waals surface area contributed by atoms with Crippen molar-refractivity contribution in [2.24, 2.45) is 5.92 Å². The Morgan fingerprint density at radius 3 is 2.81 bits per heavy atom. The molecule has 1 aliphatic rings. The standard InChI is InChI=1S/C17H26N2O2/c1-4-13-11-19(9-8-15(13)18-5-2)17(21)14-6-7-16(20)12(3)10-14/h6-7,10,13,15,18,20H,4-5,8-9,11H2,1-3H3. The van der Waals surface area contributed by atoms with Gasteiger partial charge in [0.2, 0.25) is 0 Å². The van der Waals surface area contributed by atoms with Crippen molar-refractivity contribution >= 4 is 5.91 Å². The summed E-state index contributed by atoms with van der Waals surface area (Å²) in [5.41, 5.74) is 1.41. The van der Waals surface area contributed by atoms with Crippen LogP contribution in [0, 0.1) is 12.8 Å². The van der Waals surface area contributed by atoms with Crippen LogP contribution >= 0.6 is 0 Å². The first-order chi connectivity index (χ1) is 10.1. The molecule has 0 spiro atoms. The normalized spacial score (nSPS) is 22.3.